The number of halogens is 1. The van der Waals surface area contributed by atoms with Gasteiger partial charge >= 0.3 is 0 Å². The standard InChI is InChI=1S/C23H23FN6O3S/c1-13-6-14(8-16(7-13)29-21-26-5-2-15(9-24)28-21)17-10-27-20(34-17)23(11-33-12-23)30-19(32)22(3-4-22)18(25)31/h2,5-8,10H,3-4,9,11-12H2,1H3,(H2,25,31)(H,30,32)(H,26,28,29). The normalized spacial score (nSPS) is 17.5. The van der Waals surface area contributed by atoms with Crippen LogP contribution in [0.1, 0.15) is 29.1 Å². The molecular weight excluding hydrogens is 459 g/mol. The van der Waals surface area contributed by atoms with E-state index in [-0.39, 0.29) is 19.1 Å². The van der Waals surface area contributed by atoms with E-state index in [9.17, 15) is 14.0 Å². The van der Waals surface area contributed by atoms with Gasteiger partial charge in [-0.05, 0) is 49.1 Å². The third-order valence-electron chi connectivity index (χ3n) is 6.09. The Hall–Kier alpha value is -3.44. The number of primary amides is 1. The molecule has 3 aromatic rings. The number of hydrogen-bond acceptors (Lipinski definition) is 8. The maximum Gasteiger partial charge on any atom is 0.236 e. The minimum absolute atomic E-state index is 0.281. The molecule has 5 rings (SSSR count). The summed E-state index contributed by atoms with van der Waals surface area (Å²) in [4.78, 5) is 38.3. The molecule has 2 aliphatic rings. The number of thiazole rings is 1. The van der Waals surface area contributed by atoms with E-state index in [1.807, 2.05) is 25.1 Å². The molecule has 0 unspecified atom stereocenters. The summed E-state index contributed by atoms with van der Waals surface area (Å²) < 4.78 is 18.3. The minimum atomic E-state index is -1.11. The molecule has 2 amide bonds. The van der Waals surface area contributed by atoms with E-state index in [0.717, 1.165) is 21.7 Å². The van der Waals surface area contributed by atoms with Crippen molar-refractivity contribution >= 4 is 34.8 Å². The molecule has 2 fully saturated rings. The molecule has 3 heterocycles. The van der Waals surface area contributed by atoms with Crippen molar-refractivity contribution in [1.82, 2.24) is 20.3 Å². The highest BCUT2D eigenvalue weighted by Gasteiger charge is 2.58. The van der Waals surface area contributed by atoms with Crippen LogP contribution in [0, 0.1) is 12.3 Å². The SMILES string of the molecule is Cc1cc(Nc2nccc(CF)n2)cc(-c2cnc(C3(NC(=O)C4(C(N)=O)CC4)COC3)s2)c1. The van der Waals surface area contributed by atoms with Gasteiger partial charge in [-0.2, -0.15) is 0 Å². The Bertz CT molecular complexity index is 1270. The first-order valence-corrected chi connectivity index (χ1v) is 11.6. The Kier molecular flexibility index (Phi) is 5.53. The molecule has 2 aromatic heterocycles. The lowest BCUT2D eigenvalue weighted by atomic mass is 9.95. The van der Waals surface area contributed by atoms with Crippen LogP contribution < -0.4 is 16.4 Å². The first kappa shape index (κ1) is 22.4. The van der Waals surface area contributed by atoms with Crippen molar-refractivity contribution < 1.29 is 18.7 Å². The highest BCUT2D eigenvalue weighted by Crippen LogP contribution is 2.47. The number of benzene rings is 1. The second kappa shape index (κ2) is 8.41. The molecule has 0 spiro atoms. The van der Waals surface area contributed by atoms with Crippen molar-refractivity contribution in [3.63, 3.8) is 0 Å². The number of amides is 2. The van der Waals surface area contributed by atoms with Gasteiger partial charge in [-0.1, -0.05) is 6.07 Å². The number of carbonyl (C=O) groups is 2. The third kappa shape index (κ3) is 4.01. The molecular formula is C23H23FN6O3S. The zero-order valence-electron chi connectivity index (χ0n) is 18.4. The van der Waals surface area contributed by atoms with Crippen molar-refractivity contribution in [3.05, 3.63) is 52.9 Å². The fraction of sp³-hybridized carbons (Fsp3) is 0.348. The predicted octanol–water partition coefficient (Wildman–Crippen LogP) is 2.73. The summed E-state index contributed by atoms with van der Waals surface area (Å²) >= 11 is 1.45. The monoisotopic (exact) mass is 482 g/mol. The van der Waals surface area contributed by atoms with E-state index in [1.165, 1.54) is 23.6 Å². The molecule has 0 bridgehead atoms. The van der Waals surface area contributed by atoms with Gasteiger partial charge in [0, 0.05) is 18.1 Å². The lowest BCUT2D eigenvalue weighted by Gasteiger charge is -2.41. The van der Waals surface area contributed by atoms with Gasteiger partial charge in [-0.25, -0.2) is 19.3 Å². The van der Waals surface area contributed by atoms with E-state index in [0.29, 0.717) is 29.5 Å². The molecule has 1 aliphatic heterocycles. The Morgan fingerprint density at radius 1 is 1.24 bits per heavy atom. The fourth-order valence-electron chi connectivity index (χ4n) is 3.89. The van der Waals surface area contributed by atoms with E-state index in [4.69, 9.17) is 10.5 Å². The number of nitrogens with two attached hydrogens (primary N) is 1. The fourth-order valence-corrected chi connectivity index (χ4v) is 4.91. The zero-order chi connectivity index (χ0) is 23.9. The predicted molar refractivity (Wildman–Crippen MR) is 124 cm³/mol. The first-order chi connectivity index (χ1) is 16.3. The van der Waals surface area contributed by atoms with E-state index in [1.54, 1.807) is 6.20 Å². The molecule has 176 valence electrons. The lowest BCUT2D eigenvalue weighted by Crippen LogP contribution is -2.61. The van der Waals surface area contributed by atoms with Crippen molar-refractivity contribution in [2.45, 2.75) is 32.0 Å². The summed E-state index contributed by atoms with van der Waals surface area (Å²) in [5.41, 5.74) is 6.56. The van der Waals surface area contributed by atoms with E-state index < -0.39 is 23.5 Å². The molecule has 1 saturated carbocycles. The van der Waals surface area contributed by atoms with Gasteiger partial charge in [-0.3, -0.25) is 9.59 Å². The van der Waals surface area contributed by atoms with Gasteiger partial charge in [-0.15, -0.1) is 11.3 Å². The average molecular weight is 483 g/mol. The van der Waals surface area contributed by atoms with Crippen LogP contribution in [0.2, 0.25) is 0 Å². The number of carbonyl (C=O) groups excluding carboxylic acids is 2. The van der Waals surface area contributed by atoms with Crippen LogP contribution in [-0.4, -0.2) is 40.0 Å². The van der Waals surface area contributed by atoms with Gasteiger partial charge in [0.2, 0.25) is 17.8 Å². The van der Waals surface area contributed by atoms with Crippen LogP contribution in [0.4, 0.5) is 16.0 Å². The largest absolute Gasteiger partial charge is 0.375 e. The quantitative estimate of drug-likeness (QED) is 0.421. The summed E-state index contributed by atoms with van der Waals surface area (Å²) in [6.45, 7) is 1.87. The van der Waals surface area contributed by atoms with E-state index in [2.05, 4.69) is 25.6 Å². The zero-order valence-corrected chi connectivity index (χ0v) is 19.2. The highest BCUT2D eigenvalue weighted by atomic mass is 32.1. The minimum Gasteiger partial charge on any atom is -0.375 e. The van der Waals surface area contributed by atoms with Crippen molar-refractivity contribution in [3.8, 4) is 10.4 Å². The number of hydrogen-bond donors (Lipinski definition) is 3. The Labute approximate surface area is 199 Å². The second-order valence-electron chi connectivity index (χ2n) is 8.72. The van der Waals surface area contributed by atoms with E-state index >= 15 is 0 Å². The van der Waals surface area contributed by atoms with Gasteiger partial charge in [0.15, 0.2) is 0 Å². The Morgan fingerprint density at radius 2 is 2.03 bits per heavy atom. The molecule has 0 atom stereocenters. The van der Waals surface area contributed by atoms with Crippen LogP contribution in [0.25, 0.3) is 10.4 Å². The Morgan fingerprint density at radius 3 is 2.68 bits per heavy atom. The Balaban J connectivity index is 1.38. The van der Waals surface area contributed by atoms with Gasteiger partial charge in [0.1, 0.15) is 22.6 Å². The maximum absolute atomic E-state index is 12.9. The maximum atomic E-state index is 12.9. The van der Waals surface area contributed by atoms with Gasteiger partial charge < -0.3 is 21.1 Å². The molecule has 4 N–H and O–H groups in total. The van der Waals surface area contributed by atoms with Crippen molar-refractivity contribution in [2.24, 2.45) is 11.1 Å². The van der Waals surface area contributed by atoms with Crippen molar-refractivity contribution in [2.75, 3.05) is 18.5 Å². The molecule has 1 saturated heterocycles. The van der Waals surface area contributed by atoms with Gasteiger partial charge in [0.25, 0.3) is 0 Å². The summed E-state index contributed by atoms with van der Waals surface area (Å²) in [5, 5.41) is 6.81. The number of rotatable bonds is 8. The molecule has 1 aliphatic carbocycles. The highest BCUT2D eigenvalue weighted by molar-refractivity contribution is 7.15. The molecule has 1 aromatic carbocycles. The topological polar surface area (TPSA) is 132 Å². The van der Waals surface area contributed by atoms with Crippen LogP contribution >= 0.6 is 11.3 Å². The summed E-state index contributed by atoms with van der Waals surface area (Å²) in [7, 11) is 0. The van der Waals surface area contributed by atoms with Crippen LogP contribution in [0.15, 0.2) is 36.7 Å². The number of nitrogens with zero attached hydrogens (tertiary/aromatic N) is 3. The summed E-state index contributed by atoms with van der Waals surface area (Å²) in [5.74, 6) is -0.646. The number of aromatic nitrogens is 3. The van der Waals surface area contributed by atoms with Crippen LogP contribution in [0.3, 0.4) is 0 Å². The van der Waals surface area contributed by atoms with Crippen molar-refractivity contribution in [1.29, 1.82) is 0 Å². The lowest BCUT2D eigenvalue weighted by molar-refractivity contribution is -0.143. The number of alkyl halides is 1. The first-order valence-electron chi connectivity index (χ1n) is 10.8. The van der Waals surface area contributed by atoms with Crippen LogP contribution in [-0.2, 0) is 26.5 Å². The molecule has 0 radical (unpaired) electrons. The smallest absolute Gasteiger partial charge is 0.236 e. The molecule has 34 heavy (non-hydrogen) atoms. The number of aryl methyl sites for hydroxylation is 1. The molecule has 11 heteroatoms. The number of anilines is 2. The average Bonchev–Trinajstić information content (AvgIpc) is 3.47. The second-order valence-corrected chi connectivity index (χ2v) is 9.75. The summed E-state index contributed by atoms with van der Waals surface area (Å²) in [6.07, 6.45) is 4.19. The summed E-state index contributed by atoms with van der Waals surface area (Å²) in [6, 6.07) is 7.43. The number of ether oxygens (including phenoxy) is 1. The van der Waals surface area contributed by atoms with Crippen LogP contribution in [0.5, 0.6) is 0 Å². The number of nitrogens with one attached hydrogen (secondary N) is 2. The molecule has 9 nitrogen and oxygen atoms in total. The third-order valence-corrected chi connectivity index (χ3v) is 7.34. The van der Waals surface area contributed by atoms with Gasteiger partial charge in [0.05, 0.1) is 23.8 Å².